The molecule has 0 saturated carbocycles. The fraction of sp³-hybridized carbons (Fsp3) is 0.625. The molecule has 8 heteroatoms. The van der Waals surface area contributed by atoms with Crippen molar-refractivity contribution in [2.45, 2.75) is 26.4 Å². The highest BCUT2D eigenvalue weighted by Crippen LogP contribution is 2.21. The van der Waals surface area contributed by atoms with Gasteiger partial charge in [0.2, 0.25) is 11.9 Å². The van der Waals surface area contributed by atoms with Crippen LogP contribution in [0.15, 0.2) is 18.5 Å². The van der Waals surface area contributed by atoms with E-state index >= 15 is 0 Å². The third kappa shape index (κ3) is 4.41. The molecule has 0 spiro atoms. The van der Waals surface area contributed by atoms with E-state index in [0.717, 1.165) is 0 Å². The first-order valence-electron chi connectivity index (χ1n) is 8.11. The molecule has 1 amide bonds. The lowest BCUT2D eigenvalue weighted by atomic mass is 9.90. The van der Waals surface area contributed by atoms with Crippen molar-refractivity contribution in [3.8, 4) is 0 Å². The van der Waals surface area contributed by atoms with Crippen LogP contribution in [0.2, 0.25) is 0 Å². The molecular formula is C16H24N4O4. The molecule has 8 nitrogen and oxygen atoms in total. The maximum atomic E-state index is 12.7. The smallest absolute Gasteiger partial charge is 0.333 e. The third-order valence-electron chi connectivity index (χ3n) is 4.10. The van der Waals surface area contributed by atoms with Gasteiger partial charge in [0.15, 0.2) is 6.10 Å². The number of carboxylic acids is 1. The summed E-state index contributed by atoms with van der Waals surface area (Å²) in [4.78, 5) is 35.8. The highest BCUT2D eigenvalue weighted by atomic mass is 16.4. The van der Waals surface area contributed by atoms with E-state index < -0.39 is 18.0 Å². The standard InChI is InChI=1S/C16H24N4O4/c1-11(2)10-12(13(21)15(23)24)14(22)19-6-8-20(9-7-19)16-17-4-3-5-18-16/h3-5,11-13,21H,6-10H2,1-2H3,(H,23,24)/t12-,13+/m0/s1. The number of rotatable bonds is 6. The molecule has 0 unspecified atom stereocenters. The Morgan fingerprint density at radius 1 is 1.17 bits per heavy atom. The van der Waals surface area contributed by atoms with E-state index in [1.54, 1.807) is 23.4 Å². The van der Waals surface area contributed by atoms with Crippen molar-refractivity contribution in [2.24, 2.45) is 11.8 Å². The van der Waals surface area contributed by atoms with E-state index in [2.05, 4.69) is 9.97 Å². The minimum atomic E-state index is -1.67. The van der Waals surface area contributed by atoms with E-state index in [0.29, 0.717) is 38.5 Å². The second-order valence-corrected chi connectivity index (χ2v) is 6.38. The number of carbonyl (C=O) groups excluding carboxylic acids is 1. The van der Waals surface area contributed by atoms with Crippen LogP contribution in [0.4, 0.5) is 5.95 Å². The number of amides is 1. The molecule has 1 aliphatic heterocycles. The van der Waals surface area contributed by atoms with Gasteiger partial charge in [0, 0.05) is 38.6 Å². The molecule has 1 aromatic heterocycles. The van der Waals surface area contributed by atoms with Gasteiger partial charge < -0.3 is 20.0 Å². The van der Waals surface area contributed by atoms with Crippen LogP contribution in [0.5, 0.6) is 0 Å². The van der Waals surface area contributed by atoms with Gasteiger partial charge in [-0.15, -0.1) is 0 Å². The molecule has 0 radical (unpaired) electrons. The summed E-state index contributed by atoms with van der Waals surface area (Å²) in [5.41, 5.74) is 0. The highest BCUT2D eigenvalue weighted by Gasteiger charge is 2.36. The first-order chi connectivity index (χ1) is 11.4. The lowest BCUT2D eigenvalue weighted by Crippen LogP contribution is -2.53. The molecule has 1 fully saturated rings. The molecule has 24 heavy (non-hydrogen) atoms. The molecule has 1 aliphatic rings. The first kappa shape index (κ1) is 18.1. The second kappa shape index (κ2) is 8.05. The fourth-order valence-electron chi connectivity index (χ4n) is 2.86. The molecule has 2 rings (SSSR count). The normalized spacial score (nSPS) is 17.7. The van der Waals surface area contributed by atoms with Crippen LogP contribution >= 0.6 is 0 Å². The lowest BCUT2D eigenvalue weighted by molar-refractivity contribution is -0.157. The summed E-state index contributed by atoms with van der Waals surface area (Å²) in [5, 5.41) is 18.9. The average Bonchev–Trinajstić information content (AvgIpc) is 2.59. The van der Waals surface area contributed by atoms with Gasteiger partial charge in [0.1, 0.15) is 0 Å². The molecule has 1 saturated heterocycles. The number of hydrogen-bond donors (Lipinski definition) is 2. The van der Waals surface area contributed by atoms with Crippen molar-refractivity contribution in [1.82, 2.24) is 14.9 Å². The molecule has 0 aliphatic carbocycles. The molecule has 1 aromatic rings. The number of aliphatic carboxylic acids is 1. The summed E-state index contributed by atoms with van der Waals surface area (Å²) in [7, 11) is 0. The van der Waals surface area contributed by atoms with E-state index in [1.165, 1.54) is 0 Å². The van der Waals surface area contributed by atoms with E-state index in [-0.39, 0.29) is 11.8 Å². The Kier molecular flexibility index (Phi) is 6.08. The van der Waals surface area contributed by atoms with Crippen LogP contribution < -0.4 is 4.90 Å². The Balaban J connectivity index is 2.00. The molecule has 0 aromatic carbocycles. The number of anilines is 1. The van der Waals surface area contributed by atoms with E-state index in [4.69, 9.17) is 5.11 Å². The van der Waals surface area contributed by atoms with Gasteiger partial charge in [0.25, 0.3) is 0 Å². The van der Waals surface area contributed by atoms with Crippen LogP contribution in [0.25, 0.3) is 0 Å². The Hall–Kier alpha value is -2.22. The summed E-state index contributed by atoms with van der Waals surface area (Å²) in [6.45, 7) is 5.87. The van der Waals surface area contributed by atoms with Crippen molar-refractivity contribution in [3.05, 3.63) is 18.5 Å². The van der Waals surface area contributed by atoms with Crippen LogP contribution in [0, 0.1) is 11.8 Å². The number of carbonyl (C=O) groups is 2. The predicted octanol–water partition coefficient (Wildman–Crippen LogP) is 0.233. The summed E-state index contributed by atoms with van der Waals surface area (Å²) < 4.78 is 0. The number of nitrogens with zero attached hydrogens (tertiary/aromatic N) is 4. The van der Waals surface area contributed by atoms with Crippen molar-refractivity contribution in [1.29, 1.82) is 0 Å². The van der Waals surface area contributed by atoms with Gasteiger partial charge >= 0.3 is 5.97 Å². The molecule has 132 valence electrons. The second-order valence-electron chi connectivity index (χ2n) is 6.38. The highest BCUT2D eigenvalue weighted by molar-refractivity contribution is 5.86. The number of aliphatic hydroxyl groups is 1. The van der Waals surface area contributed by atoms with Gasteiger partial charge in [-0.05, 0) is 18.4 Å². The van der Waals surface area contributed by atoms with Crippen molar-refractivity contribution < 1.29 is 19.8 Å². The van der Waals surface area contributed by atoms with Crippen LogP contribution in [0.1, 0.15) is 20.3 Å². The lowest BCUT2D eigenvalue weighted by Gasteiger charge is -2.37. The predicted molar refractivity (Wildman–Crippen MR) is 87.4 cm³/mol. The number of aromatic nitrogens is 2. The summed E-state index contributed by atoms with van der Waals surface area (Å²) in [6, 6.07) is 1.74. The monoisotopic (exact) mass is 336 g/mol. The molecule has 2 atom stereocenters. The van der Waals surface area contributed by atoms with Gasteiger partial charge in [0.05, 0.1) is 5.92 Å². The molecule has 0 bridgehead atoms. The van der Waals surface area contributed by atoms with Crippen molar-refractivity contribution in [2.75, 3.05) is 31.1 Å². The van der Waals surface area contributed by atoms with Gasteiger partial charge in [-0.2, -0.15) is 0 Å². The number of carboxylic acid groups (broad SMARTS) is 1. The van der Waals surface area contributed by atoms with Gasteiger partial charge in [-0.3, -0.25) is 4.79 Å². The van der Waals surface area contributed by atoms with E-state index in [9.17, 15) is 14.7 Å². The first-order valence-corrected chi connectivity index (χ1v) is 8.11. The zero-order chi connectivity index (χ0) is 17.7. The number of aliphatic hydroxyl groups excluding tert-OH is 1. The average molecular weight is 336 g/mol. The zero-order valence-corrected chi connectivity index (χ0v) is 14.0. The number of piperazine rings is 1. The largest absolute Gasteiger partial charge is 0.479 e. The topological polar surface area (TPSA) is 107 Å². The van der Waals surface area contributed by atoms with Gasteiger partial charge in [-0.1, -0.05) is 13.8 Å². The maximum absolute atomic E-state index is 12.7. The Morgan fingerprint density at radius 2 is 1.75 bits per heavy atom. The Labute approximate surface area is 141 Å². The van der Waals surface area contributed by atoms with Crippen LogP contribution in [0.3, 0.4) is 0 Å². The summed E-state index contributed by atoms with van der Waals surface area (Å²) in [5.74, 6) is -1.83. The van der Waals surface area contributed by atoms with Crippen molar-refractivity contribution in [3.63, 3.8) is 0 Å². The van der Waals surface area contributed by atoms with Crippen LogP contribution in [-0.2, 0) is 9.59 Å². The summed E-state index contributed by atoms with van der Waals surface area (Å²) >= 11 is 0. The zero-order valence-electron chi connectivity index (χ0n) is 14.0. The Bertz CT molecular complexity index is 558. The minimum Gasteiger partial charge on any atom is -0.479 e. The third-order valence-corrected chi connectivity index (χ3v) is 4.10. The summed E-state index contributed by atoms with van der Waals surface area (Å²) in [6.07, 6.45) is 2.01. The molecule has 2 heterocycles. The minimum absolute atomic E-state index is 0.118. The van der Waals surface area contributed by atoms with Crippen molar-refractivity contribution >= 4 is 17.8 Å². The van der Waals surface area contributed by atoms with E-state index in [1.807, 2.05) is 18.7 Å². The maximum Gasteiger partial charge on any atom is 0.333 e. The van der Waals surface area contributed by atoms with Gasteiger partial charge in [-0.25, -0.2) is 14.8 Å². The Morgan fingerprint density at radius 3 is 2.25 bits per heavy atom. The molecular weight excluding hydrogens is 312 g/mol. The molecule has 2 N–H and O–H groups in total. The van der Waals surface area contributed by atoms with Crippen LogP contribution in [-0.4, -0.2) is 69.2 Å². The fourth-order valence-corrected chi connectivity index (χ4v) is 2.86. The SMILES string of the molecule is CC(C)C[C@H](C(=O)N1CCN(c2ncccn2)CC1)[C@@H](O)C(=O)O. The quantitative estimate of drug-likeness (QED) is 0.766. The number of hydrogen-bond acceptors (Lipinski definition) is 6.